The molecule has 0 spiro atoms. The third-order valence-electron chi connectivity index (χ3n) is 2.84. The maximum atomic E-state index is 13.0. The lowest BCUT2D eigenvalue weighted by Crippen LogP contribution is -2.23. The molecule has 0 radical (unpaired) electrons. The van der Waals surface area contributed by atoms with Crippen LogP contribution in [0.15, 0.2) is 18.2 Å². The summed E-state index contributed by atoms with van der Waals surface area (Å²) in [6, 6.07) is 3.08. The third kappa shape index (κ3) is 4.40. The van der Waals surface area contributed by atoms with Gasteiger partial charge >= 0.3 is 0 Å². The normalized spacial score (nSPS) is 13.8. The molecule has 0 aromatic heterocycles. The first-order valence-corrected chi connectivity index (χ1v) is 5.53. The summed E-state index contributed by atoms with van der Waals surface area (Å²) in [6.45, 7) is 3.79. The molecule has 1 aromatic rings. The van der Waals surface area contributed by atoms with Gasteiger partial charge in [0.15, 0.2) is 0 Å². The molecule has 1 aromatic carbocycles. The maximum absolute atomic E-state index is 13.0. The highest BCUT2D eigenvalue weighted by Gasteiger charge is 2.19. The van der Waals surface area contributed by atoms with E-state index in [9.17, 15) is 13.9 Å². The maximum Gasteiger partial charge on any atom is 0.126 e. The van der Waals surface area contributed by atoms with Gasteiger partial charge in [-0.15, -0.1) is 0 Å². The van der Waals surface area contributed by atoms with Crippen LogP contribution in [-0.4, -0.2) is 17.8 Å². The Bertz CT molecular complexity index is 357. The van der Waals surface area contributed by atoms with Gasteiger partial charge in [0.05, 0.1) is 11.7 Å². The van der Waals surface area contributed by atoms with Gasteiger partial charge in [-0.2, -0.15) is 0 Å². The van der Waals surface area contributed by atoms with Crippen molar-refractivity contribution in [3.8, 4) is 0 Å². The standard InChI is InChI=1S/C13H18F2O2/c1-13(2,17-3)5-4-12(16)9-6-10(14)8-11(15)7-9/h6-8,12,16H,4-5H2,1-3H3. The van der Waals surface area contributed by atoms with Gasteiger partial charge in [0.1, 0.15) is 11.6 Å². The molecular weight excluding hydrogens is 226 g/mol. The fourth-order valence-corrected chi connectivity index (χ4v) is 1.52. The van der Waals surface area contributed by atoms with Crippen molar-refractivity contribution in [2.75, 3.05) is 7.11 Å². The number of rotatable bonds is 5. The highest BCUT2D eigenvalue weighted by atomic mass is 19.1. The second-order valence-corrected chi connectivity index (χ2v) is 4.72. The number of hydrogen-bond donors (Lipinski definition) is 1. The Balaban J connectivity index is 2.67. The molecule has 96 valence electrons. The zero-order valence-electron chi connectivity index (χ0n) is 10.3. The molecule has 0 aliphatic heterocycles. The number of methoxy groups -OCH3 is 1. The van der Waals surface area contributed by atoms with Crippen molar-refractivity contribution in [2.24, 2.45) is 0 Å². The van der Waals surface area contributed by atoms with E-state index in [1.165, 1.54) is 0 Å². The Morgan fingerprint density at radius 3 is 2.24 bits per heavy atom. The summed E-state index contributed by atoms with van der Waals surface area (Å²) in [5.74, 6) is -1.35. The molecule has 0 saturated heterocycles. The van der Waals surface area contributed by atoms with Crippen LogP contribution in [0.1, 0.15) is 38.4 Å². The van der Waals surface area contributed by atoms with Gasteiger partial charge < -0.3 is 9.84 Å². The minimum absolute atomic E-state index is 0.259. The van der Waals surface area contributed by atoms with Gasteiger partial charge in [0.25, 0.3) is 0 Å². The molecular formula is C13H18F2O2. The van der Waals surface area contributed by atoms with Crippen molar-refractivity contribution < 1.29 is 18.6 Å². The van der Waals surface area contributed by atoms with Gasteiger partial charge in [0.2, 0.25) is 0 Å². The molecule has 1 rings (SSSR count). The van der Waals surface area contributed by atoms with E-state index in [0.717, 1.165) is 18.2 Å². The summed E-state index contributed by atoms with van der Waals surface area (Å²) < 4.78 is 31.1. The molecule has 2 nitrogen and oxygen atoms in total. The Morgan fingerprint density at radius 2 is 1.76 bits per heavy atom. The number of ether oxygens (including phenoxy) is 1. The predicted octanol–water partition coefficient (Wildman–Crippen LogP) is 3.20. The Hall–Kier alpha value is -1.00. The van der Waals surface area contributed by atoms with Crippen LogP contribution in [0.2, 0.25) is 0 Å². The van der Waals surface area contributed by atoms with Crippen LogP contribution in [0, 0.1) is 11.6 Å². The Kier molecular flexibility index (Phi) is 4.60. The van der Waals surface area contributed by atoms with E-state index in [0.29, 0.717) is 12.8 Å². The lowest BCUT2D eigenvalue weighted by molar-refractivity contribution is 0.00275. The highest BCUT2D eigenvalue weighted by Crippen LogP contribution is 2.25. The quantitative estimate of drug-likeness (QED) is 0.861. The van der Waals surface area contributed by atoms with E-state index < -0.39 is 17.7 Å². The fraction of sp³-hybridized carbons (Fsp3) is 0.538. The Labute approximate surface area is 100 Å². The summed E-state index contributed by atoms with van der Waals surface area (Å²) in [7, 11) is 1.59. The SMILES string of the molecule is COC(C)(C)CCC(O)c1cc(F)cc(F)c1. The van der Waals surface area contributed by atoms with Gasteiger partial charge in [-0.1, -0.05) is 0 Å². The molecule has 1 atom stereocenters. The number of hydrogen-bond acceptors (Lipinski definition) is 2. The first-order chi connectivity index (χ1) is 7.84. The van der Waals surface area contributed by atoms with Gasteiger partial charge in [0, 0.05) is 13.2 Å². The molecule has 0 saturated carbocycles. The minimum Gasteiger partial charge on any atom is -0.388 e. The molecule has 1 N–H and O–H groups in total. The molecule has 17 heavy (non-hydrogen) atoms. The number of halogens is 2. The van der Waals surface area contributed by atoms with Gasteiger partial charge in [-0.25, -0.2) is 8.78 Å². The smallest absolute Gasteiger partial charge is 0.126 e. The second kappa shape index (κ2) is 5.56. The van der Waals surface area contributed by atoms with E-state index in [2.05, 4.69) is 0 Å². The largest absolute Gasteiger partial charge is 0.388 e. The van der Waals surface area contributed by atoms with Crippen LogP contribution in [0.3, 0.4) is 0 Å². The lowest BCUT2D eigenvalue weighted by atomic mass is 9.96. The van der Waals surface area contributed by atoms with E-state index in [-0.39, 0.29) is 11.2 Å². The van der Waals surface area contributed by atoms with Crippen LogP contribution in [-0.2, 0) is 4.74 Å². The molecule has 0 aliphatic carbocycles. The van der Waals surface area contributed by atoms with E-state index in [1.54, 1.807) is 7.11 Å². The van der Waals surface area contributed by atoms with Crippen LogP contribution in [0.4, 0.5) is 8.78 Å². The average molecular weight is 244 g/mol. The van der Waals surface area contributed by atoms with Crippen molar-refractivity contribution in [3.63, 3.8) is 0 Å². The first-order valence-electron chi connectivity index (χ1n) is 5.53. The van der Waals surface area contributed by atoms with E-state index in [4.69, 9.17) is 4.74 Å². The Morgan fingerprint density at radius 1 is 1.24 bits per heavy atom. The summed E-state index contributed by atoms with van der Waals surface area (Å²) >= 11 is 0. The molecule has 0 amide bonds. The molecule has 0 bridgehead atoms. The molecule has 0 heterocycles. The molecule has 4 heteroatoms. The number of aliphatic hydroxyl groups excluding tert-OH is 1. The van der Waals surface area contributed by atoms with Gasteiger partial charge in [-0.3, -0.25) is 0 Å². The number of aliphatic hydroxyl groups is 1. The lowest BCUT2D eigenvalue weighted by Gasteiger charge is -2.24. The van der Waals surface area contributed by atoms with Crippen molar-refractivity contribution in [2.45, 2.75) is 38.4 Å². The zero-order valence-corrected chi connectivity index (χ0v) is 10.3. The van der Waals surface area contributed by atoms with Crippen LogP contribution < -0.4 is 0 Å². The summed E-state index contributed by atoms with van der Waals surface area (Å²) in [5, 5.41) is 9.84. The second-order valence-electron chi connectivity index (χ2n) is 4.72. The summed E-state index contributed by atoms with van der Waals surface area (Å²) in [5.41, 5.74) is -0.0956. The highest BCUT2D eigenvalue weighted by molar-refractivity contribution is 5.20. The zero-order chi connectivity index (χ0) is 13.1. The topological polar surface area (TPSA) is 29.5 Å². The van der Waals surface area contributed by atoms with Crippen LogP contribution >= 0.6 is 0 Å². The average Bonchev–Trinajstić information content (AvgIpc) is 2.24. The molecule has 1 unspecified atom stereocenters. The summed E-state index contributed by atoms with van der Waals surface area (Å²) in [6.07, 6.45) is 0.113. The van der Waals surface area contributed by atoms with Crippen LogP contribution in [0.5, 0.6) is 0 Å². The number of benzene rings is 1. The summed E-state index contributed by atoms with van der Waals surface area (Å²) in [4.78, 5) is 0. The monoisotopic (exact) mass is 244 g/mol. The molecule has 0 aliphatic rings. The van der Waals surface area contributed by atoms with Crippen molar-refractivity contribution in [1.29, 1.82) is 0 Å². The third-order valence-corrected chi connectivity index (χ3v) is 2.84. The predicted molar refractivity (Wildman–Crippen MR) is 61.6 cm³/mol. The molecule has 0 fully saturated rings. The van der Waals surface area contributed by atoms with Crippen molar-refractivity contribution >= 4 is 0 Å². The van der Waals surface area contributed by atoms with Crippen molar-refractivity contribution in [3.05, 3.63) is 35.4 Å². The minimum atomic E-state index is -0.880. The van der Waals surface area contributed by atoms with Crippen molar-refractivity contribution in [1.82, 2.24) is 0 Å². The fourth-order valence-electron chi connectivity index (χ4n) is 1.52. The van der Waals surface area contributed by atoms with E-state index >= 15 is 0 Å². The van der Waals surface area contributed by atoms with Crippen LogP contribution in [0.25, 0.3) is 0 Å². The van der Waals surface area contributed by atoms with Gasteiger partial charge in [-0.05, 0) is 44.4 Å². The first kappa shape index (κ1) is 14.1. The van der Waals surface area contributed by atoms with E-state index in [1.807, 2.05) is 13.8 Å².